The third-order valence-corrected chi connectivity index (χ3v) is 7.43. The summed E-state index contributed by atoms with van der Waals surface area (Å²) in [5, 5.41) is 2.06. The van der Waals surface area contributed by atoms with Gasteiger partial charge in [0, 0.05) is 24.7 Å². The molecule has 1 aliphatic heterocycles. The van der Waals surface area contributed by atoms with Crippen molar-refractivity contribution < 1.29 is 37.0 Å². The Kier molecular flexibility index (Phi) is 9.43. The summed E-state index contributed by atoms with van der Waals surface area (Å²) in [4.78, 5) is 32.3. The van der Waals surface area contributed by atoms with Gasteiger partial charge in [-0.05, 0) is 54.4 Å². The van der Waals surface area contributed by atoms with Crippen molar-refractivity contribution in [2.24, 2.45) is 4.99 Å². The van der Waals surface area contributed by atoms with E-state index in [1.165, 1.54) is 38.4 Å². The van der Waals surface area contributed by atoms with Crippen LogP contribution in [0, 0.1) is 0 Å². The lowest BCUT2D eigenvalue weighted by Crippen LogP contribution is -2.46. The Balaban J connectivity index is 1.60. The van der Waals surface area contributed by atoms with E-state index in [-0.39, 0.29) is 29.7 Å². The highest BCUT2D eigenvalue weighted by Gasteiger charge is 2.36. The summed E-state index contributed by atoms with van der Waals surface area (Å²) in [6, 6.07) is 16.6. The first kappa shape index (κ1) is 29.8. The molecule has 1 atom stereocenters. The minimum atomic E-state index is -4.56. The van der Waals surface area contributed by atoms with E-state index in [9.17, 15) is 22.8 Å². The number of hydrogen-bond donors (Lipinski definition) is 1. The van der Waals surface area contributed by atoms with Crippen molar-refractivity contribution >= 4 is 40.1 Å². The molecule has 0 spiro atoms. The molecule has 0 radical (unpaired) electrons. The molecular formula is C29H28F3N3O5S. The molecule has 1 aliphatic rings. The molecule has 216 valence electrons. The van der Waals surface area contributed by atoms with Gasteiger partial charge in [-0.2, -0.15) is 13.2 Å². The summed E-state index contributed by atoms with van der Waals surface area (Å²) in [7, 11) is 4.55. The second-order valence-corrected chi connectivity index (χ2v) is 10.1. The number of thioether (sulfide) groups is 1. The van der Waals surface area contributed by atoms with Gasteiger partial charge in [0.1, 0.15) is 11.0 Å². The fraction of sp³-hybridized carbons (Fsp3) is 0.276. The van der Waals surface area contributed by atoms with Crippen molar-refractivity contribution in [2.45, 2.75) is 24.3 Å². The van der Waals surface area contributed by atoms with Crippen LogP contribution in [0.5, 0.6) is 17.2 Å². The molecular weight excluding hydrogens is 559 g/mol. The van der Waals surface area contributed by atoms with Gasteiger partial charge in [0.05, 0.1) is 32.6 Å². The second-order valence-electron chi connectivity index (χ2n) is 8.96. The van der Waals surface area contributed by atoms with Gasteiger partial charge in [0.15, 0.2) is 16.7 Å². The summed E-state index contributed by atoms with van der Waals surface area (Å²) in [5.41, 5.74) is 0.474. The van der Waals surface area contributed by atoms with E-state index in [1.807, 2.05) is 6.07 Å². The molecule has 12 heteroatoms. The van der Waals surface area contributed by atoms with E-state index >= 15 is 0 Å². The van der Waals surface area contributed by atoms with Gasteiger partial charge < -0.3 is 19.5 Å². The SMILES string of the molecule is COc1cccc(NC(=O)C2CC(=O)N(CCc3ccc(OC)c(OC)c3)C(=Nc3cccc(C(F)(F)F)c3)S2)c1. The highest BCUT2D eigenvalue weighted by Crippen LogP contribution is 2.34. The minimum Gasteiger partial charge on any atom is -0.497 e. The van der Waals surface area contributed by atoms with Crippen LogP contribution in [-0.4, -0.2) is 55.0 Å². The smallest absolute Gasteiger partial charge is 0.416 e. The van der Waals surface area contributed by atoms with Crippen LogP contribution in [-0.2, 0) is 22.2 Å². The second kappa shape index (κ2) is 13.0. The molecule has 1 unspecified atom stereocenters. The van der Waals surface area contributed by atoms with Crippen LogP contribution in [0.4, 0.5) is 24.5 Å². The number of halogens is 3. The Hall–Kier alpha value is -4.19. The fourth-order valence-electron chi connectivity index (χ4n) is 4.12. The Bertz CT molecular complexity index is 1450. The Labute approximate surface area is 239 Å². The summed E-state index contributed by atoms with van der Waals surface area (Å²) < 4.78 is 55.8. The van der Waals surface area contributed by atoms with E-state index in [0.29, 0.717) is 29.4 Å². The monoisotopic (exact) mass is 587 g/mol. The van der Waals surface area contributed by atoms with Gasteiger partial charge in [-0.15, -0.1) is 0 Å². The lowest BCUT2D eigenvalue weighted by molar-refractivity contribution is -0.137. The van der Waals surface area contributed by atoms with Crippen LogP contribution in [0.2, 0.25) is 0 Å². The van der Waals surface area contributed by atoms with Gasteiger partial charge in [0.25, 0.3) is 0 Å². The molecule has 4 rings (SSSR count). The number of nitrogens with zero attached hydrogens (tertiary/aromatic N) is 2. The van der Waals surface area contributed by atoms with Crippen molar-refractivity contribution in [2.75, 3.05) is 33.2 Å². The van der Waals surface area contributed by atoms with Gasteiger partial charge in [0.2, 0.25) is 11.8 Å². The summed E-state index contributed by atoms with van der Waals surface area (Å²) in [6.45, 7) is 0.184. The predicted molar refractivity (Wildman–Crippen MR) is 151 cm³/mol. The Morgan fingerprint density at radius 3 is 2.46 bits per heavy atom. The summed E-state index contributed by atoms with van der Waals surface area (Å²) >= 11 is 1.02. The number of amidine groups is 1. The van der Waals surface area contributed by atoms with Gasteiger partial charge >= 0.3 is 6.18 Å². The average molecular weight is 588 g/mol. The van der Waals surface area contributed by atoms with Crippen LogP contribution in [0.25, 0.3) is 0 Å². The maximum Gasteiger partial charge on any atom is 0.416 e. The predicted octanol–water partition coefficient (Wildman–Crippen LogP) is 5.93. The Morgan fingerprint density at radius 1 is 1.00 bits per heavy atom. The summed E-state index contributed by atoms with van der Waals surface area (Å²) in [5.74, 6) is 0.811. The molecule has 1 heterocycles. The highest BCUT2D eigenvalue weighted by atomic mass is 32.2. The first-order valence-corrected chi connectivity index (χ1v) is 13.4. The molecule has 0 aromatic heterocycles. The number of anilines is 1. The third-order valence-electron chi connectivity index (χ3n) is 6.24. The van der Waals surface area contributed by atoms with Crippen LogP contribution in [0.15, 0.2) is 71.7 Å². The highest BCUT2D eigenvalue weighted by molar-refractivity contribution is 8.15. The molecule has 0 saturated carbocycles. The molecule has 0 aliphatic carbocycles. The van der Waals surface area contributed by atoms with E-state index < -0.39 is 22.9 Å². The molecule has 3 aromatic carbocycles. The molecule has 0 bridgehead atoms. The van der Waals surface area contributed by atoms with Crippen LogP contribution in [0.3, 0.4) is 0 Å². The number of ether oxygens (including phenoxy) is 3. The average Bonchev–Trinajstić information content (AvgIpc) is 2.96. The molecule has 8 nitrogen and oxygen atoms in total. The number of amides is 2. The van der Waals surface area contributed by atoms with Crippen molar-refractivity contribution in [1.82, 2.24) is 4.90 Å². The lowest BCUT2D eigenvalue weighted by Gasteiger charge is -2.32. The lowest BCUT2D eigenvalue weighted by atomic mass is 10.1. The van der Waals surface area contributed by atoms with E-state index in [2.05, 4.69) is 10.3 Å². The zero-order chi connectivity index (χ0) is 29.6. The number of carbonyl (C=O) groups is 2. The van der Waals surface area contributed by atoms with E-state index in [1.54, 1.807) is 36.4 Å². The zero-order valence-corrected chi connectivity index (χ0v) is 23.3. The molecule has 41 heavy (non-hydrogen) atoms. The number of alkyl halides is 3. The zero-order valence-electron chi connectivity index (χ0n) is 22.5. The summed E-state index contributed by atoms with van der Waals surface area (Å²) in [6.07, 6.45) is -4.28. The van der Waals surface area contributed by atoms with E-state index in [4.69, 9.17) is 14.2 Å². The molecule has 2 amide bonds. The number of rotatable bonds is 9. The number of nitrogens with one attached hydrogen (secondary N) is 1. The van der Waals surface area contributed by atoms with Gasteiger partial charge in [-0.3, -0.25) is 14.5 Å². The van der Waals surface area contributed by atoms with Crippen LogP contribution >= 0.6 is 11.8 Å². The first-order valence-electron chi connectivity index (χ1n) is 12.5. The van der Waals surface area contributed by atoms with Crippen LogP contribution in [0.1, 0.15) is 17.5 Å². The quantitative estimate of drug-likeness (QED) is 0.334. The van der Waals surface area contributed by atoms with Gasteiger partial charge in [-0.1, -0.05) is 30.0 Å². The van der Waals surface area contributed by atoms with E-state index in [0.717, 1.165) is 29.5 Å². The van der Waals surface area contributed by atoms with Crippen molar-refractivity contribution in [3.8, 4) is 17.2 Å². The standard InChI is InChI=1S/C29H28F3N3O5S/c1-38-22-9-5-8-21(16-22)33-27(37)25-17-26(36)35(13-12-18-10-11-23(39-2)24(14-18)40-3)28(41-25)34-20-7-4-6-19(15-20)29(30,31)32/h4-11,14-16,25H,12-13,17H2,1-3H3,(H,33,37). The number of hydrogen-bond acceptors (Lipinski definition) is 7. The number of benzene rings is 3. The largest absolute Gasteiger partial charge is 0.497 e. The maximum atomic E-state index is 13.3. The number of aliphatic imine (C=N–C) groups is 1. The molecule has 1 fully saturated rings. The molecule has 1 saturated heterocycles. The number of methoxy groups -OCH3 is 3. The first-order chi connectivity index (χ1) is 19.6. The Morgan fingerprint density at radius 2 is 1.76 bits per heavy atom. The van der Waals surface area contributed by atoms with Gasteiger partial charge in [-0.25, -0.2) is 4.99 Å². The topological polar surface area (TPSA) is 89.5 Å². The molecule has 3 aromatic rings. The van der Waals surface area contributed by atoms with Crippen molar-refractivity contribution in [3.63, 3.8) is 0 Å². The third kappa shape index (κ3) is 7.51. The van der Waals surface area contributed by atoms with Crippen molar-refractivity contribution in [1.29, 1.82) is 0 Å². The maximum absolute atomic E-state index is 13.3. The fourth-order valence-corrected chi connectivity index (χ4v) is 5.25. The minimum absolute atomic E-state index is 0.0140. The number of carbonyl (C=O) groups excluding carboxylic acids is 2. The van der Waals surface area contributed by atoms with Crippen LogP contribution < -0.4 is 19.5 Å². The normalized spacial score (nSPS) is 16.4. The molecule has 1 N–H and O–H groups in total. The van der Waals surface area contributed by atoms with Crippen molar-refractivity contribution in [3.05, 3.63) is 77.9 Å².